The van der Waals surface area contributed by atoms with Crippen LogP contribution in [0.5, 0.6) is 0 Å². The van der Waals surface area contributed by atoms with Crippen molar-refractivity contribution < 1.29 is 10.0 Å². The van der Waals surface area contributed by atoms with E-state index in [1.54, 1.807) is 12.1 Å². The van der Waals surface area contributed by atoms with E-state index in [-0.39, 0.29) is 5.69 Å². The van der Waals surface area contributed by atoms with Crippen molar-refractivity contribution in [2.45, 2.75) is 38.2 Å². The van der Waals surface area contributed by atoms with E-state index in [0.717, 1.165) is 11.6 Å². The summed E-state index contributed by atoms with van der Waals surface area (Å²) in [5, 5.41) is 20.8. The summed E-state index contributed by atoms with van der Waals surface area (Å²) in [7, 11) is -1.24. The molecule has 0 saturated heterocycles. The molecule has 0 aromatic heterocycles. The molecule has 104 valence electrons. The topological polar surface area (TPSA) is 63.4 Å². The minimum atomic E-state index is -1.24. The van der Waals surface area contributed by atoms with Crippen LogP contribution < -0.4 is 0 Å². The van der Waals surface area contributed by atoms with Gasteiger partial charge in [0.15, 0.2) is 0 Å². The van der Waals surface area contributed by atoms with E-state index in [1.807, 2.05) is 0 Å². The maximum Gasteiger partial charge on any atom is 0.269 e. The minimum Gasteiger partial charge on any atom is -0.388 e. The molecule has 0 spiro atoms. The lowest BCUT2D eigenvalue weighted by molar-refractivity contribution is -0.385. The average molecular weight is 279 g/mol. The predicted molar refractivity (Wildman–Crippen MR) is 80.0 cm³/mol. The first-order chi connectivity index (χ1) is 8.69. The molecular weight excluding hydrogens is 258 g/mol. The zero-order chi connectivity index (χ0) is 14.6. The second kappa shape index (κ2) is 6.12. The Hall–Kier alpha value is -1.46. The number of aliphatic hydroxyl groups is 1. The summed E-state index contributed by atoms with van der Waals surface area (Å²) in [4.78, 5) is 10.2. The molecule has 1 aromatic carbocycles. The molecule has 0 aliphatic heterocycles. The maximum absolute atomic E-state index is 10.7. The van der Waals surface area contributed by atoms with Crippen molar-refractivity contribution in [2.24, 2.45) is 0 Å². The quantitative estimate of drug-likeness (QED) is 0.371. The molecule has 4 nitrogen and oxygen atoms in total. The first-order valence-corrected chi connectivity index (χ1v) is 9.99. The molecule has 0 aliphatic rings. The van der Waals surface area contributed by atoms with Gasteiger partial charge >= 0.3 is 0 Å². The summed E-state index contributed by atoms with van der Waals surface area (Å²) in [5.74, 6) is 0. The SMILES string of the molecule is C=C(CC(O)c1cccc([N+](=O)[O-])c1)C[Si](C)(C)C. The Morgan fingerprint density at radius 3 is 2.63 bits per heavy atom. The number of nitro groups is 1. The van der Waals surface area contributed by atoms with Gasteiger partial charge in [0.25, 0.3) is 5.69 Å². The Bertz CT molecular complexity index is 480. The fourth-order valence-electron chi connectivity index (χ4n) is 2.06. The van der Waals surface area contributed by atoms with E-state index in [4.69, 9.17) is 0 Å². The molecule has 5 heteroatoms. The van der Waals surface area contributed by atoms with Crippen molar-refractivity contribution in [1.82, 2.24) is 0 Å². The number of rotatable bonds is 6. The van der Waals surface area contributed by atoms with Crippen LogP contribution in [0.1, 0.15) is 18.1 Å². The number of hydrogen-bond donors (Lipinski definition) is 1. The second-order valence-electron chi connectivity index (χ2n) is 6.06. The van der Waals surface area contributed by atoms with Gasteiger partial charge in [0.05, 0.1) is 11.0 Å². The normalized spacial score (nSPS) is 13.1. The molecule has 19 heavy (non-hydrogen) atoms. The van der Waals surface area contributed by atoms with Gasteiger partial charge in [0.1, 0.15) is 0 Å². The molecule has 1 unspecified atom stereocenters. The van der Waals surface area contributed by atoms with Gasteiger partial charge in [0.2, 0.25) is 0 Å². The van der Waals surface area contributed by atoms with E-state index in [0.29, 0.717) is 12.0 Å². The highest BCUT2D eigenvalue weighted by atomic mass is 28.3. The number of non-ortho nitro benzene ring substituents is 1. The number of benzene rings is 1. The predicted octanol–water partition coefficient (Wildman–Crippen LogP) is 3.91. The van der Waals surface area contributed by atoms with Crippen molar-refractivity contribution in [1.29, 1.82) is 0 Å². The molecule has 1 aromatic rings. The summed E-state index contributed by atoms with van der Waals surface area (Å²) in [6, 6.07) is 7.11. The van der Waals surface area contributed by atoms with Crippen LogP contribution in [0.3, 0.4) is 0 Å². The molecule has 0 heterocycles. The first kappa shape index (κ1) is 15.6. The highest BCUT2D eigenvalue weighted by Crippen LogP contribution is 2.27. The van der Waals surface area contributed by atoms with Gasteiger partial charge in [-0.3, -0.25) is 10.1 Å². The van der Waals surface area contributed by atoms with Gasteiger partial charge in [-0.2, -0.15) is 0 Å². The van der Waals surface area contributed by atoms with Crippen LogP contribution in [0.4, 0.5) is 5.69 Å². The van der Waals surface area contributed by atoms with Gasteiger partial charge < -0.3 is 5.11 Å². The van der Waals surface area contributed by atoms with Gasteiger partial charge in [-0.25, -0.2) is 0 Å². The van der Waals surface area contributed by atoms with Crippen LogP contribution in [0.25, 0.3) is 0 Å². The van der Waals surface area contributed by atoms with E-state index in [2.05, 4.69) is 26.2 Å². The van der Waals surface area contributed by atoms with Crippen molar-refractivity contribution in [3.05, 3.63) is 52.1 Å². The zero-order valence-corrected chi connectivity index (χ0v) is 12.7. The molecule has 0 fully saturated rings. The zero-order valence-electron chi connectivity index (χ0n) is 11.7. The first-order valence-electron chi connectivity index (χ1n) is 6.28. The van der Waals surface area contributed by atoms with Gasteiger partial charge in [-0.1, -0.05) is 37.3 Å². The Kier molecular flexibility index (Phi) is 5.02. The highest BCUT2D eigenvalue weighted by Gasteiger charge is 2.18. The third-order valence-electron chi connectivity index (χ3n) is 2.73. The Morgan fingerprint density at radius 1 is 1.47 bits per heavy atom. The number of hydrogen-bond acceptors (Lipinski definition) is 3. The summed E-state index contributed by atoms with van der Waals surface area (Å²) in [5.41, 5.74) is 1.59. The molecule has 0 radical (unpaired) electrons. The lowest BCUT2D eigenvalue weighted by Crippen LogP contribution is -2.20. The Labute approximate surface area is 114 Å². The van der Waals surface area contributed by atoms with E-state index in [9.17, 15) is 15.2 Å². The number of aliphatic hydroxyl groups excluding tert-OH is 1. The largest absolute Gasteiger partial charge is 0.388 e. The molecule has 1 atom stereocenters. The summed E-state index contributed by atoms with van der Waals surface area (Å²) in [6.07, 6.45) is -0.255. The molecule has 0 amide bonds. The fraction of sp³-hybridized carbons (Fsp3) is 0.429. The molecule has 1 N–H and O–H groups in total. The standard InChI is InChI=1S/C14H21NO3Si/c1-11(10-19(2,3)4)8-14(16)12-6-5-7-13(9-12)15(17)18/h5-7,9,14,16H,1,8,10H2,2-4H3. The summed E-state index contributed by atoms with van der Waals surface area (Å²) >= 11 is 0. The van der Waals surface area contributed by atoms with Crippen LogP contribution in [0, 0.1) is 10.1 Å². The van der Waals surface area contributed by atoms with Crippen molar-refractivity contribution >= 4 is 13.8 Å². The van der Waals surface area contributed by atoms with Crippen LogP contribution in [-0.2, 0) is 0 Å². The monoisotopic (exact) mass is 279 g/mol. The second-order valence-corrected chi connectivity index (χ2v) is 11.5. The van der Waals surface area contributed by atoms with Gasteiger partial charge in [0, 0.05) is 20.2 Å². The van der Waals surface area contributed by atoms with Crippen LogP contribution in [0.15, 0.2) is 36.4 Å². The van der Waals surface area contributed by atoms with Crippen molar-refractivity contribution in [2.75, 3.05) is 0 Å². The van der Waals surface area contributed by atoms with E-state index >= 15 is 0 Å². The fourth-order valence-corrected chi connectivity index (χ4v) is 3.70. The number of nitro benzene ring substituents is 1. The Balaban J connectivity index is 2.73. The van der Waals surface area contributed by atoms with Crippen LogP contribution in [0.2, 0.25) is 25.7 Å². The van der Waals surface area contributed by atoms with Crippen LogP contribution >= 0.6 is 0 Å². The lowest BCUT2D eigenvalue weighted by Gasteiger charge is -2.19. The summed E-state index contributed by atoms with van der Waals surface area (Å²) in [6.45, 7) is 10.7. The van der Waals surface area contributed by atoms with Gasteiger partial charge in [-0.15, -0.1) is 6.58 Å². The highest BCUT2D eigenvalue weighted by molar-refractivity contribution is 6.76. The lowest BCUT2D eigenvalue weighted by atomic mass is 10.0. The van der Waals surface area contributed by atoms with E-state index < -0.39 is 19.1 Å². The van der Waals surface area contributed by atoms with Crippen LogP contribution in [-0.4, -0.2) is 18.1 Å². The summed E-state index contributed by atoms with van der Waals surface area (Å²) < 4.78 is 0. The van der Waals surface area contributed by atoms with Crippen molar-refractivity contribution in [3.8, 4) is 0 Å². The molecule has 0 bridgehead atoms. The maximum atomic E-state index is 10.7. The Morgan fingerprint density at radius 2 is 2.11 bits per heavy atom. The minimum absolute atomic E-state index is 0.00681. The molecule has 1 rings (SSSR count). The third kappa shape index (κ3) is 5.36. The third-order valence-corrected chi connectivity index (χ3v) is 4.29. The average Bonchev–Trinajstić information content (AvgIpc) is 2.26. The number of nitrogens with zero attached hydrogens (tertiary/aromatic N) is 1. The van der Waals surface area contributed by atoms with Crippen molar-refractivity contribution in [3.63, 3.8) is 0 Å². The smallest absolute Gasteiger partial charge is 0.269 e. The molecular formula is C14H21NO3Si. The van der Waals surface area contributed by atoms with E-state index in [1.165, 1.54) is 12.1 Å². The van der Waals surface area contributed by atoms with Gasteiger partial charge in [-0.05, 0) is 18.0 Å². The molecule has 0 aliphatic carbocycles. The molecule has 0 saturated carbocycles.